The molecule has 0 radical (unpaired) electrons. The van der Waals surface area contributed by atoms with Crippen LogP contribution in [0.4, 0.5) is 13.2 Å². The molecular formula is C22H22F3NO2. The fraction of sp³-hybridized carbons (Fsp3) is 0.364. The van der Waals surface area contributed by atoms with Crippen LogP contribution in [0, 0.1) is 0 Å². The molecular weight excluding hydrogens is 367 g/mol. The van der Waals surface area contributed by atoms with E-state index in [-0.39, 0.29) is 5.75 Å². The highest BCUT2D eigenvalue weighted by molar-refractivity contribution is 5.84. The highest BCUT2D eigenvalue weighted by Gasteiger charge is 2.31. The number of likely N-dealkylation sites (tertiary alicyclic amines) is 1. The maximum absolute atomic E-state index is 12.5. The summed E-state index contributed by atoms with van der Waals surface area (Å²) in [6.45, 7) is 4.38. The second-order valence-electron chi connectivity index (χ2n) is 7.32. The number of ether oxygens (including phenoxy) is 1. The molecule has 1 aliphatic heterocycles. The van der Waals surface area contributed by atoms with Gasteiger partial charge in [0, 0.05) is 24.4 Å². The number of furan rings is 1. The first-order valence-corrected chi connectivity index (χ1v) is 9.50. The van der Waals surface area contributed by atoms with E-state index in [1.807, 2.05) is 24.3 Å². The van der Waals surface area contributed by atoms with E-state index in [0.717, 1.165) is 41.8 Å². The molecule has 0 aliphatic carbocycles. The maximum Gasteiger partial charge on any atom is 0.573 e. The third kappa shape index (κ3) is 4.33. The molecule has 28 heavy (non-hydrogen) atoms. The van der Waals surface area contributed by atoms with Gasteiger partial charge in [0.05, 0.1) is 0 Å². The molecule has 6 heteroatoms. The summed E-state index contributed by atoms with van der Waals surface area (Å²) in [5.74, 6) is 0.707. The number of hydrogen-bond acceptors (Lipinski definition) is 3. The first-order chi connectivity index (χ1) is 13.4. The first kappa shape index (κ1) is 18.9. The minimum absolute atomic E-state index is 0.224. The third-order valence-corrected chi connectivity index (χ3v) is 5.30. The van der Waals surface area contributed by atoms with Gasteiger partial charge in [-0.05, 0) is 67.8 Å². The van der Waals surface area contributed by atoms with Gasteiger partial charge < -0.3 is 14.1 Å². The van der Waals surface area contributed by atoms with Crippen LogP contribution in [0.15, 0.2) is 52.9 Å². The standard InChI is InChI=1S/C22H22F3NO2/c1-15-4-3-10-26(15)11-9-19-14-18-12-17(7-8-21(18)27-19)16-5-2-6-20(13-16)28-22(23,24)25/h2,5-8,12-15H,3-4,9-11H2,1H3/t15-/m1/s1. The Bertz CT molecular complexity index is 964. The van der Waals surface area contributed by atoms with Crippen molar-refractivity contribution in [2.45, 2.75) is 38.6 Å². The van der Waals surface area contributed by atoms with Crippen LogP contribution in [0.5, 0.6) is 5.75 Å². The molecule has 0 spiro atoms. The third-order valence-electron chi connectivity index (χ3n) is 5.30. The Morgan fingerprint density at radius 1 is 1.11 bits per heavy atom. The number of rotatable bonds is 5. The van der Waals surface area contributed by atoms with Gasteiger partial charge in [-0.3, -0.25) is 0 Å². The average molecular weight is 389 g/mol. The van der Waals surface area contributed by atoms with E-state index < -0.39 is 6.36 Å². The van der Waals surface area contributed by atoms with Crippen molar-refractivity contribution in [1.29, 1.82) is 0 Å². The summed E-state index contributed by atoms with van der Waals surface area (Å²) in [5, 5.41) is 0.948. The molecule has 0 saturated carbocycles. The lowest BCUT2D eigenvalue weighted by Gasteiger charge is -2.19. The maximum atomic E-state index is 12.5. The zero-order valence-corrected chi connectivity index (χ0v) is 15.6. The van der Waals surface area contributed by atoms with E-state index >= 15 is 0 Å². The Morgan fingerprint density at radius 2 is 1.93 bits per heavy atom. The minimum Gasteiger partial charge on any atom is -0.461 e. The summed E-state index contributed by atoms with van der Waals surface area (Å²) in [5.41, 5.74) is 2.27. The van der Waals surface area contributed by atoms with Crippen molar-refractivity contribution in [3.63, 3.8) is 0 Å². The molecule has 2 aromatic carbocycles. The number of alkyl halides is 3. The lowest BCUT2D eigenvalue weighted by Crippen LogP contribution is -2.28. The van der Waals surface area contributed by atoms with Gasteiger partial charge in [-0.2, -0.15) is 0 Å². The molecule has 3 nitrogen and oxygen atoms in total. The first-order valence-electron chi connectivity index (χ1n) is 9.50. The van der Waals surface area contributed by atoms with E-state index in [9.17, 15) is 13.2 Å². The van der Waals surface area contributed by atoms with Gasteiger partial charge in [0.1, 0.15) is 17.1 Å². The van der Waals surface area contributed by atoms with Gasteiger partial charge >= 0.3 is 6.36 Å². The molecule has 0 amide bonds. The fourth-order valence-corrected chi connectivity index (χ4v) is 3.85. The molecule has 4 rings (SSSR count). The van der Waals surface area contributed by atoms with Crippen LogP contribution in [-0.2, 0) is 6.42 Å². The van der Waals surface area contributed by atoms with E-state index in [1.54, 1.807) is 12.1 Å². The molecule has 0 N–H and O–H groups in total. The van der Waals surface area contributed by atoms with E-state index in [2.05, 4.69) is 16.6 Å². The SMILES string of the molecule is C[C@@H]1CCCN1CCc1cc2cc(-c3cccc(OC(F)(F)F)c3)ccc2o1. The van der Waals surface area contributed by atoms with Gasteiger partial charge in [-0.25, -0.2) is 0 Å². The molecule has 1 fully saturated rings. The Hall–Kier alpha value is -2.47. The van der Waals surface area contributed by atoms with Crippen molar-refractivity contribution in [2.24, 2.45) is 0 Å². The van der Waals surface area contributed by atoms with Crippen molar-refractivity contribution in [1.82, 2.24) is 4.90 Å². The molecule has 1 aliphatic rings. The second kappa shape index (κ2) is 7.51. The van der Waals surface area contributed by atoms with Crippen molar-refractivity contribution >= 4 is 11.0 Å². The Labute approximate surface area is 161 Å². The van der Waals surface area contributed by atoms with Crippen molar-refractivity contribution in [2.75, 3.05) is 13.1 Å². The van der Waals surface area contributed by atoms with Gasteiger partial charge in [0.15, 0.2) is 0 Å². The number of fused-ring (bicyclic) bond motifs is 1. The average Bonchev–Trinajstić information content (AvgIpc) is 3.23. The summed E-state index contributed by atoms with van der Waals surface area (Å²) < 4.78 is 47.3. The van der Waals surface area contributed by atoms with E-state index in [1.165, 1.54) is 25.0 Å². The normalized spacial score (nSPS) is 18.1. The highest BCUT2D eigenvalue weighted by atomic mass is 19.4. The van der Waals surface area contributed by atoms with Crippen molar-refractivity contribution in [3.05, 3.63) is 54.3 Å². The smallest absolute Gasteiger partial charge is 0.461 e. The number of hydrogen-bond donors (Lipinski definition) is 0. The molecule has 2 heterocycles. The molecule has 1 atom stereocenters. The summed E-state index contributed by atoms with van der Waals surface area (Å²) in [6.07, 6.45) is -1.35. The van der Waals surface area contributed by atoms with Gasteiger partial charge in [-0.1, -0.05) is 18.2 Å². The monoisotopic (exact) mass is 389 g/mol. The van der Waals surface area contributed by atoms with E-state index in [4.69, 9.17) is 4.42 Å². The molecule has 148 valence electrons. The van der Waals surface area contributed by atoms with Gasteiger partial charge in [0.2, 0.25) is 0 Å². The van der Waals surface area contributed by atoms with Crippen LogP contribution in [0.2, 0.25) is 0 Å². The molecule has 1 saturated heterocycles. The quantitative estimate of drug-likeness (QED) is 0.533. The molecule has 1 aromatic heterocycles. The van der Waals surface area contributed by atoms with Crippen LogP contribution in [0.25, 0.3) is 22.1 Å². The zero-order valence-electron chi connectivity index (χ0n) is 15.6. The summed E-state index contributed by atoms with van der Waals surface area (Å²) in [4.78, 5) is 2.48. The fourth-order valence-electron chi connectivity index (χ4n) is 3.85. The van der Waals surface area contributed by atoms with Gasteiger partial charge in [-0.15, -0.1) is 13.2 Å². The summed E-state index contributed by atoms with van der Waals surface area (Å²) in [6, 6.07) is 14.3. The number of nitrogens with zero attached hydrogens (tertiary/aromatic N) is 1. The summed E-state index contributed by atoms with van der Waals surface area (Å²) >= 11 is 0. The lowest BCUT2D eigenvalue weighted by molar-refractivity contribution is -0.274. The summed E-state index contributed by atoms with van der Waals surface area (Å²) in [7, 11) is 0. The lowest BCUT2D eigenvalue weighted by atomic mass is 10.0. The number of halogens is 3. The highest BCUT2D eigenvalue weighted by Crippen LogP contribution is 2.31. The van der Waals surface area contributed by atoms with Crippen LogP contribution in [-0.4, -0.2) is 30.4 Å². The van der Waals surface area contributed by atoms with E-state index in [0.29, 0.717) is 11.6 Å². The topological polar surface area (TPSA) is 25.6 Å². The second-order valence-corrected chi connectivity index (χ2v) is 7.32. The molecule has 0 unspecified atom stereocenters. The minimum atomic E-state index is -4.70. The van der Waals surface area contributed by atoms with Crippen molar-refractivity contribution < 1.29 is 22.3 Å². The predicted molar refractivity (Wildman–Crippen MR) is 102 cm³/mol. The Kier molecular flexibility index (Phi) is 5.06. The van der Waals surface area contributed by atoms with Crippen LogP contribution < -0.4 is 4.74 Å². The van der Waals surface area contributed by atoms with Crippen LogP contribution in [0.3, 0.4) is 0 Å². The molecule has 3 aromatic rings. The Morgan fingerprint density at radius 3 is 2.68 bits per heavy atom. The number of benzene rings is 2. The largest absolute Gasteiger partial charge is 0.573 e. The molecule has 0 bridgehead atoms. The van der Waals surface area contributed by atoms with Crippen LogP contribution >= 0.6 is 0 Å². The van der Waals surface area contributed by atoms with Crippen LogP contribution in [0.1, 0.15) is 25.5 Å². The Balaban J connectivity index is 1.52. The van der Waals surface area contributed by atoms with Gasteiger partial charge in [0.25, 0.3) is 0 Å². The zero-order chi connectivity index (χ0) is 19.7. The van der Waals surface area contributed by atoms with Crippen molar-refractivity contribution in [3.8, 4) is 16.9 Å². The predicted octanol–water partition coefficient (Wildman–Crippen LogP) is 6.03.